The SMILES string of the molecule is [B]C(F)(P)c1cn2c(NC3CCC(NC(=O)c4ccnc5c(C)[nH]nc45)CC3)cccc2n1. The fraction of sp³-hybridized carbons (Fsp3) is 0.364. The minimum Gasteiger partial charge on any atom is -0.368 e. The minimum absolute atomic E-state index is 0.0935. The van der Waals surface area contributed by atoms with Gasteiger partial charge in [-0.15, -0.1) is 9.24 Å². The lowest BCUT2D eigenvalue weighted by molar-refractivity contribution is 0.0928. The molecule has 1 fully saturated rings. The Morgan fingerprint density at radius 1 is 1.24 bits per heavy atom. The Labute approximate surface area is 193 Å². The van der Waals surface area contributed by atoms with E-state index in [9.17, 15) is 9.18 Å². The summed E-state index contributed by atoms with van der Waals surface area (Å²) in [5.41, 5.74) is 3.47. The lowest BCUT2D eigenvalue weighted by Crippen LogP contribution is -2.40. The Morgan fingerprint density at radius 2 is 2.00 bits per heavy atom. The van der Waals surface area contributed by atoms with Gasteiger partial charge in [0.05, 0.1) is 17.0 Å². The maximum Gasteiger partial charge on any atom is 0.253 e. The van der Waals surface area contributed by atoms with E-state index < -0.39 is 5.31 Å². The molecule has 4 heterocycles. The highest BCUT2D eigenvalue weighted by molar-refractivity contribution is 7.21. The van der Waals surface area contributed by atoms with Crippen molar-refractivity contribution in [1.82, 2.24) is 29.9 Å². The first-order valence-corrected chi connectivity index (χ1v) is 11.5. The van der Waals surface area contributed by atoms with Crippen LogP contribution in [0.1, 0.15) is 47.4 Å². The topological polar surface area (TPSA) is 100 Å². The molecule has 2 atom stereocenters. The molecule has 0 saturated heterocycles. The molecule has 1 saturated carbocycles. The van der Waals surface area contributed by atoms with E-state index in [4.69, 9.17) is 7.85 Å². The summed E-state index contributed by atoms with van der Waals surface area (Å²) in [5, 5.41) is 11.7. The van der Waals surface area contributed by atoms with Crippen LogP contribution in [0.15, 0.2) is 36.7 Å². The van der Waals surface area contributed by atoms with Crippen LogP contribution in [0.25, 0.3) is 16.7 Å². The maximum absolute atomic E-state index is 14.1. The second kappa shape index (κ2) is 8.41. The first-order chi connectivity index (χ1) is 15.8. The summed E-state index contributed by atoms with van der Waals surface area (Å²) in [6.45, 7) is 1.88. The number of carbonyl (C=O) groups is 1. The summed E-state index contributed by atoms with van der Waals surface area (Å²) in [6, 6.07) is 7.66. The molecule has 0 spiro atoms. The van der Waals surface area contributed by atoms with Crippen molar-refractivity contribution < 1.29 is 9.18 Å². The van der Waals surface area contributed by atoms with E-state index >= 15 is 0 Å². The third kappa shape index (κ3) is 4.32. The van der Waals surface area contributed by atoms with Crippen LogP contribution in [0.4, 0.5) is 10.2 Å². The van der Waals surface area contributed by atoms with Gasteiger partial charge in [0.1, 0.15) is 35.7 Å². The van der Waals surface area contributed by atoms with Crippen molar-refractivity contribution in [2.75, 3.05) is 5.32 Å². The minimum atomic E-state index is -2.07. The van der Waals surface area contributed by atoms with Gasteiger partial charge in [0, 0.05) is 24.5 Å². The number of nitrogens with one attached hydrogen (secondary N) is 3. The number of nitrogens with zero attached hydrogens (tertiary/aromatic N) is 4. The van der Waals surface area contributed by atoms with Crippen molar-refractivity contribution in [3.8, 4) is 0 Å². The molecule has 5 rings (SSSR count). The number of aromatic amines is 1. The predicted octanol–water partition coefficient (Wildman–Crippen LogP) is 3.19. The molecule has 2 unspecified atom stereocenters. The fourth-order valence-corrected chi connectivity index (χ4v) is 4.52. The van der Waals surface area contributed by atoms with Crippen LogP contribution in [0.5, 0.6) is 0 Å². The number of anilines is 1. The van der Waals surface area contributed by atoms with E-state index in [0.717, 1.165) is 37.2 Å². The van der Waals surface area contributed by atoms with Crippen LogP contribution in [0, 0.1) is 6.92 Å². The summed E-state index contributed by atoms with van der Waals surface area (Å²) in [7, 11) is 7.51. The van der Waals surface area contributed by atoms with Gasteiger partial charge in [0.15, 0.2) is 0 Å². The molecule has 3 N–H and O–H groups in total. The quantitative estimate of drug-likeness (QED) is 0.312. The second-order valence-corrected chi connectivity index (χ2v) is 9.44. The van der Waals surface area contributed by atoms with Gasteiger partial charge in [-0.3, -0.25) is 19.3 Å². The average molecular weight is 463 g/mol. The number of alkyl halides is 1. The molecule has 2 radical (unpaired) electrons. The zero-order chi connectivity index (χ0) is 23.2. The van der Waals surface area contributed by atoms with Gasteiger partial charge in [0.25, 0.3) is 5.91 Å². The third-order valence-electron chi connectivity index (χ3n) is 6.16. The molecule has 4 aromatic rings. The van der Waals surface area contributed by atoms with Crippen LogP contribution in [0.2, 0.25) is 0 Å². The average Bonchev–Trinajstić information content (AvgIpc) is 3.40. The van der Waals surface area contributed by atoms with Crippen molar-refractivity contribution in [2.24, 2.45) is 0 Å². The molecule has 0 aliphatic heterocycles. The van der Waals surface area contributed by atoms with Crippen LogP contribution in [-0.2, 0) is 5.31 Å². The largest absolute Gasteiger partial charge is 0.368 e. The van der Waals surface area contributed by atoms with Crippen LogP contribution in [0.3, 0.4) is 0 Å². The van der Waals surface area contributed by atoms with Crippen molar-refractivity contribution in [1.29, 1.82) is 0 Å². The van der Waals surface area contributed by atoms with E-state index in [2.05, 4.69) is 30.8 Å². The number of hydrogen-bond acceptors (Lipinski definition) is 5. The number of H-pyrrole nitrogens is 1. The van der Waals surface area contributed by atoms with Crippen molar-refractivity contribution in [3.63, 3.8) is 0 Å². The van der Waals surface area contributed by atoms with E-state index in [1.807, 2.05) is 38.8 Å². The van der Waals surface area contributed by atoms with E-state index in [1.165, 1.54) is 0 Å². The van der Waals surface area contributed by atoms with Gasteiger partial charge in [-0.05, 0) is 50.8 Å². The molecule has 4 aromatic heterocycles. The number of hydrogen-bond donors (Lipinski definition) is 3. The molecule has 0 aromatic carbocycles. The highest BCUT2D eigenvalue weighted by atomic mass is 31.0. The first kappa shape index (κ1) is 21.8. The molecule has 1 aliphatic carbocycles. The summed E-state index contributed by atoms with van der Waals surface area (Å²) >= 11 is 0. The Bertz CT molecular complexity index is 1320. The number of rotatable bonds is 5. The van der Waals surface area contributed by atoms with Crippen LogP contribution in [-0.4, -0.2) is 50.4 Å². The van der Waals surface area contributed by atoms with Crippen molar-refractivity contribution in [2.45, 2.75) is 50.0 Å². The monoisotopic (exact) mass is 463 g/mol. The highest BCUT2D eigenvalue weighted by Gasteiger charge is 2.26. The van der Waals surface area contributed by atoms with Crippen molar-refractivity contribution in [3.05, 3.63) is 53.6 Å². The van der Waals surface area contributed by atoms with Gasteiger partial charge < -0.3 is 10.6 Å². The fourth-order valence-electron chi connectivity index (χ4n) is 4.38. The molecule has 0 bridgehead atoms. The zero-order valence-corrected chi connectivity index (χ0v) is 19.3. The Hall–Kier alpha value is -3.00. The third-order valence-corrected chi connectivity index (χ3v) is 6.45. The molecule has 1 amide bonds. The predicted molar refractivity (Wildman–Crippen MR) is 129 cm³/mol. The number of amides is 1. The first-order valence-electron chi connectivity index (χ1n) is 10.9. The Balaban J connectivity index is 1.23. The normalized spacial score (nSPS) is 20.6. The van der Waals surface area contributed by atoms with E-state index in [-0.39, 0.29) is 23.7 Å². The summed E-state index contributed by atoms with van der Waals surface area (Å²) in [4.78, 5) is 21.5. The lowest BCUT2D eigenvalue weighted by Gasteiger charge is -2.30. The Morgan fingerprint density at radius 3 is 2.76 bits per heavy atom. The number of aromatic nitrogens is 5. The van der Waals surface area contributed by atoms with Crippen LogP contribution < -0.4 is 10.6 Å². The van der Waals surface area contributed by atoms with Gasteiger partial charge in [-0.2, -0.15) is 5.10 Å². The standard InChI is InChI=1S/C22H24BFN7OP/c1-12-19-20(30-29-12)15(9-10-25-19)21(32)27-14-7-5-13(6-8-14)26-17-3-2-4-18-28-16(11-31(17)18)22(23,24)33/h2-4,9-11,13-14,26H,5-8,33H2,1H3,(H,27,32)(H,29,30). The number of imidazole rings is 1. The zero-order valence-electron chi connectivity index (χ0n) is 18.2. The van der Waals surface area contributed by atoms with Crippen LogP contribution >= 0.6 is 9.24 Å². The van der Waals surface area contributed by atoms with Crippen molar-refractivity contribution >= 4 is 45.5 Å². The number of fused-ring (bicyclic) bond motifs is 2. The number of carbonyl (C=O) groups excluding carboxylic acids is 1. The number of aryl methyl sites for hydroxylation is 1. The van der Waals surface area contributed by atoms with E-state index in [1.54, 1.807) is 18.5 Å². The molecule has 33 heavy (non-hydrogen) atoms. The highest BCUT2D eigenvalue weighted by Crippen LogP contribution is 2.30. The molecule has 8 nitrogen and oxygen atoms in total. The summed E-state index contributed by atoms with van der Waals surface area (Å²) < 4.78 is 15.9. The smallest absolute Gasteiger partial charge is 0.253 e. The summed E-state index contributed by atoms with van der Waals surface area (Å²) in [5.74, 6) is 0.705. The molecule has 168 valence electrons. The lowest BCUT2D eigenvalue weighted by atomic mass is 9.91. The molecule has 1 aliphatic rings. The molecular formula is C22H24BFN7OP. The number of pyridine rings is 2. The molecular weight excluding hydrogens is 439 g/mol. The Kier molecular flexibility index (Phi) is 5.56. The van der Waals surface area contributed by atoms with Gasteiger partial charge in [0.2, 0.25) is 0 Å². The maximum atomic E-state index is 14.1. The summed E-state index contributed by atoms with van der Waals surface area (Å²) in [6.07, 6.45) is 6.74. The van der Waals surface area contributed by atoms with Gasteiger partial charge in [-0.1, -0.05) is 6.07 Å². The number of halogens is 1. The molecule has 11 heteroatoms. The second-order valence-electron chi connectivity index (χ2n) is 8.60. The van der Waals surface area contributed by atoms with Gasteiger partial charge in [-0.25, -0.2) is 9.37 Å². The van der Waals surface area contributed by atoms with E-state index in [0.29, 0.717) is 22.2 Å². The van der Waals surface area contributed by atoms with Gasteiger partial charge >= 0.3 is 0 Å².